The molecule has 7 heteroatoms. The Labute approximate surface area is 152 Å². The number of rotatable bonds is 5. The van der Waals surface area contributed by atoms with Crippen LogP contribution in [0.15, 0.2) is 29.7 Å². The minimum absolute atomic E-state index is 0.213. The molecule has 0 aromatic carbocycles. The third kappa shape index (κ3) is 3.71. The van der Waals surface area contributed by atoms with E-state index >= 15 is 0 Å². The highest BCUT2D eigenvalue weighted by atomic mass is 32.2. The molecule has 2 aliphatic rings. The zero-order valence-corrected chi connectivity index (χ0v) is 15.3. The normalized spacial score (nSPS) is 20.7. The number of hydrogen-bond acceptors (Lipinski definition) is 5. The van der Waals surface area contributed by atoms with E-state index in [1.165, 1.54) is 18.2 Å². The van der Waals surface area contributed by atoms with Crippen LogP contribution in [0.4, 0.5) is 0 Å². The van der Waals surface area contributed by atoms with Gasteiger partial charge in [-0.2, -0.15) is 0 Å². The van der Waals surface area contributed by atoms with Gasteiger partial charge >= 0.3 is 0 Å². The van der Waals surface area contributed by atoms with Gasteiger partial charge in [0.15, 0.2) is 11.0 Å². The summed E-state index contributed by atoms with van der Waals surface area (Å²) in [7, 11) is 0. The predicted octanol–water partition coefficient (Wildman–Crippen LogP) is 3.03. The molecule has 2 aromatic rings. The monoisotopic (exact) mass is 357 g/mol. The number of pyridine rings is 1. The van der Waals surface area contributed by atoms with Crippen LogP contribution < -0.4 is 0 Å². The fraction of sp³-hybridized carbons (Fsp3) is 0.556. The van der Waals surface area contributed by atoms with Crippen LogP contribution in [-0.2, 0) is 4.79 Å². The van der Waals surface area contributed by atoms with Gasteiger partial charge in [-0.3, -0.25) is 14.3 Å². The highest BCUT2D eigenvalue weighted by molar-refractivity contribution is 7.99. The molecular formula is C18H23N5OS. The van der Waals surface area contributed by atoms with Crippen molar-refractivity contribution >= 4 is 17.7 Å². The molecule has 0 bridgehead atoms. The lowest BCUT2D eigenvalue weighted by atomic mass is 10.0. The molecule has 4 rings (SSSR count). The van der Waals surface area contributed by atoms with Crippen molar-refractivity contribution < 1.29 is 4.79 Å². The molecule has 1 amide bonds. The van der Waals surface area contributed by atoms with Gasteiger partial charge < -0.3 is 4.90 Å². The van der Waals surface area contributed by atoms with E-state index in [1.54, 1.807) is 6.20 Å². The lowest BCUT2D eigenvalue weighted by Gasteiger charge is -2.30. The summed E-state index contributed by atoms with van der Waals surface area (Å²) in [5, 5.41) is 9.59. The third-order valence-electron chi connectivity index (χ3n) is 4.83. The van der Waals surface area contributed by atoms with Crippen LogP contribution in [0.25, 0.3) is 11.4 Å². The Balaban J connectivity index is 1.48. The van der Waals surface area contributed by atoms with E-state index in [0.29, 0.717) is 17.7 Å². The van der Waals surface area contributed by atoms with Crippen LogP contribution in [0.3, 0.4) is 0 Å². The Kier molecular flexibility index (Phi) is 4.74. The van der Waals surface area contributed by atoms with Gasteiger partial charge in [0.1, 0.15) is 0 Å². The first-order valence-corrected chi connectivity index (χ1v) is 9.97. The van der Waals surface area contributed by atoms with Crippen LogP contribution >= 0.6 is 11.8 Å². The molecule has 1 unspecified atom stereocenters. The summed E-state index contributed by atoms with van der Waals surface area (Å²) in [5.41, 5.74) is 0.977. The van der Waals surface area contributed by atoms with E-state index in [9.17, 15) is 4.79 Å². The predicted molar refractivity (Wildman–Crippen MR) is 97.2 cm³/mol. The number of carbonyl (C=O) groups excluding carboxylic acids is 1. The third-order valence-corrected chi connectivity index (χ3v) is 5.76. The number of hydrogen-bond donors (Lipinski definition) is 0. The molecule has 25 heavy (non-hydrogen) atoms. The standard InChI is InChI=1S/C18H23N5OS/c1-13-4-3-9-22(11-13)16(24)12-25-18-21-20-17(23(18)15-6-7-15)14-5-2-8-19-10-14/h2,5,8,10,13,15H,3-4,6-7,9,11-12H2,1H3. The summed E-state index contributed by atoms with van der Waals surface area (Å²) in [6.07, 6.45) is 8.21. The maximum absolute atomic E-state index is 12.5. The molecule has 1 atom stereocenters. The zero-order valence-electron chi connectivity index (χ0n) is 14.5. The van der Waals surface area contributed by atoms with Gasteiger partial charge in [0.25, 0.3) is 0 Å². The molecule has 1 saturated carbocycles. The molecule has 3 heterocycles. The fourth-order valence-electron chi connectivity index (χ4n) is 3.36. The van der Waals surface area contributed by atoms with Crippen molar-refractivity contribution in [2.45, 2.75) is 43.8 Å². The Morgan fingerprint density at radius 1 is 1.32 bits per heavy atom. The van der Waals surface area contributed by atoms with Crippen molar-refractivity contribution in [2.75, 3.05) is 18.8 Å². The quantitative estimate of drug-likeness (QED) is 0.770. The molecule has 6 nitrogen and oxygen atoms in total. The van der Waals surface area contributed by atoms with E-state index < -0.39 is 0 Å². The largest absolute Gasteiger partial charge is 0.342 e. The number of carbonyl (C=O) groups is 1. The minimum Gasteiger partial charge on any atom is -0.342 e. The second-order valence-electron chi connectivity index (χ2n) is 7.02. The molecule has 0 spiro atoms. The maximum Gasteiger partial charge on any atom is 0.233 e. The Bertz CT molecular complexity index is 743. The summed E-state index contributed by atoms with van der Waals surface area (Å²) in [4.78, 5) is 18.7. The van der Waals surface area contributed by atoms with E-state index in [4.69, 9.17) is 0 Å². The SMILES string of the molecule is CC1CCCN(C(=O)CSc2nnc(-c3cccnc3)n2C2CC2)C1. The van der Waals surface area contributed by atoms with E-state index in [2.05, 4.69) is 26.7 Å². The van der Waals surface area contributed by atoms with Crippen molar-refractivity contribution in [1.29, 1.82) is 0 Å². The first-order valence-electron chi connectivity index (χ1n) is 8.98. The topological polar surface area (TPSA) is 63.9 Å². The Hall–Kier alpha value is -1.89. The highest BCUT2D eigenvalue weighted by Crippen LogP contribution is 2.41. The van der Waals surface area contributed by atoms with E-state index in [1.807, 2.05) is 23.2 Å². The van der Waals surface area contributed by atoms with Crippen molar-refractivity contribution in [3.63, 3.8) is 0 Å². The van der Waals surface area contributed by atoms with Crippen LogP contribution in [-0.4, -0.2) is 49.4 Å². The number of aromatic nitrogens is 4. The summed E-state index contributed by atoms with van der Waals surface area (Å²) >= 11 is 1.51. The van der Waals surface area contributed by atoms with Gasteiger partial charge in [0.2, 0.25) is 5.91 Å². The minimum atomic E-state index is 0.213. The molecule has 1 aliphatic heterocycles. The highest BCUT2D eigenvalue weighted by Gasteiger charge is 2.31. The smallest absolute Gasteiger partial charge is 0.233 e. The first kappa shape index (κ1) is 16.6. The van der Waals surface area contributed by atoms with Crippen LogP contribution in [0.2, 0.25) is 0 Å². The lowest BCUT2D eigenvalue weighted by Crippen LogP contribution is -2.40. The number of piperidine rings is 1. The molecule has 0 N–H and O–H groups in total. The second-order valence-corrected chi connectivity index (χ2v) is 7.97. The van der Waals surface area contributed by atoms with Gasteiger partial charge in [-0.15, -0.1) is 10.2 Å². The molecule has 2 fully saturated rings. The average Bonchev–Trinajstić information content (AvgIpc) is 3.39. The number of likely N-dealkylation sites (tertiary alicyclic amines) is 1. The Morgan fingerprint density at radius 2 is 2.20 bits per heavy atom. The van der Waals surface area contributed by atoms with Gasteiger partial charge in [0, 0.05) is 37.1 Å². The second kappa shape index (κ2) is 7.15. The molecule has 1 saturated heterocycles. The number of thioether (sulfide) groups is 1. The summed E-state index contributed by atoms with van der Waals surface area (Å²) in [6.45, 7) is 3.99. The maximum atomic E-state index is 12.5. The molecule has 132 valence electrons. The van der Waals surface area contributed by atoms with Gasteiger partial charge in [-0.05, 0) is 43.7 Å². The molecule has 0 radical (unpaired) electrons. The van der Waals surface area contributed by atoms with Crippen molar-refractivity contribution in [3.05, 3.63) is 24.5 Å². The van der Waals surface area contributed by atoms with E-state index in [0.717, 1.165) is 48.9 Å². The van der Waals surface area contributed by atoms with Crippen LogP contribution in [0, 0.1) is 5.92 Å². The number of nitrogens with zero attached hydrogens (tertiary/aromatic N) is 5. The molecular weight excluding hydrogens is 334 g/mol. The summed E-state index contributed by atoms with van der Waals surface area (Å²) in [6, 6.07) is 4.37. The Morgan fingerprint density at radius 3 is 2.92 bits per heavy atom. The molecule has 2 aromatic heterocycles. The average molecular weight is 357 g/mol. The van der Waals surface area contributed by atoms with Crippen LogP contribution in [0.5, 0.6) is 0 Å². The van der Waals surface area contributed by atoms with Gasteiger partial charge in [-0.25, -0.2) is 0 Å². The van der Waals surface area contributed by atoms with Crippen molar-refractivity contribution in [3.8, 4) is 11.4 Å². The van der Waals surface area contributed by atoms with Gasteiger partial charge in [0.05, 0.1) is 5.75 Å². The lowest BCUT2D eigenvalue weighted by molar-refractivity contribution is -0.130. The van der Waals surface area contributed by atoms with E-state index in [-0.39, 0.29) is 5.91 Å². The van der Waals surface area contributed by atoms with Crippen molar-refractivity contribution in [2.24, 2.45) is 5.92 Å². The first-order chi connectivity index (χ1) is 12.2. The summed E-state index contributed by atoms with van der Waals surface area (Å²) in [5.74, 6) is 2.11. The molecule has 1 aliphatic carbocycles. The number of amides is 1. The fourth-order valence-corrected chi connectivity index (χ4v) is 4.27. The van der Waals surface area contributed by atoms with Crippen LogP contribution in [0.1, 0.15) is 38.6 Å². The summed E-state index contributed by atoms with van der Waals surface area (Å²) < 4.78 is 2.19. The van der Waals surface area contributed by atoms with Gasteiger partial charge in [-0.1, -0.05) is 18.7 Å². The van der Waals surface area contributed by atoms with Crippen molar-refractivity contribution in [1.82, 2.24) is 24.6 Å². The zero-order chi connectivity index (χ0) is 17.2.